The molecule has 0 spiro atoms. The van der Waals surface area contributed by atoms with Gasteiger partial charge in [-0.25, -0.2) is 17.5 Å². The number of nitrogens with zero attached hydrogens (tertiary/aromatic N) is 2. The van der Waals surface area contributed by atoms with Crippen molar-refractivity contribution < 1.29 is 17.3 Å². The van der Waals surface area contributed by atoms with E-state index < -0.39 is 15.8 Å². The van der Waals surface area contributed by atoms with Crippen molar-refractivity contribution in [3.05, 3.63) is 29.8 Å². The Bertz CT molecular complexity index is 782. The van der Waals surface area contributed by atoms with Gasteiger partial charge in [-0.15, -0.1) is 12.4 Å². The SMILES string of the molecule is CCNS(=O)(=O)c1ccc(F)c(-c2nc(CC(C)NC)no2)c1.Cl. The number of benzene rings is 1. The topological polar surface area (TPSA) is 97.1 Å². The Kier molecular flexibility index (Phi) is 7.27. The fourth-order valence-corrected chi connectivity index (χ4v) is 3.00. The van der Waals surface area contributed by atoms with Crippen LogP contribution in [0.25, 0.3) is 11.5 Å². The summed E-state index contributed by atoms with van der Waals surface area (Å²) in [5.41, 5.74) is -0.0418. The standard InChI is InChI=1S/C14H19FN4O3S.ClH/c1-4-17-23(20,21)10-5-6-12(15)11(8-10)14-18-13(19-22-14)7-9(2)16-3;/h5-6,8-9,16-17H,4,7H2,1-3H3;1H. The first kappa shape index (κ1) is 20.5. The van der Waals surface area contributed by atoms with E-state index in [0.717, 1.165) is 6.07 Å². The fourth-order valence-electron chi connectivity index (χ4n) is 1.93. The number of rotatable bonds is 7. The molecule has 0 aliphatic heterocycles. The highest BCUT2D eigenvalue weighted by Crippen LogP contribution is 2.24. The molecule has 1 heterocycles. The minimum atomic E-state index is -3.69. The first-order valence-electron chi connectivity index (χ1n) is 7.16. The van der Waals surface area contributed by atoms with Crippen LogP contribution in [0.15, 0.2) is 27.6 Å². The van der Waals surface area contributed by atoms with Crippen LogP contribution in [0.1, 0.15) is 19.7 Å². The smallest absolute Gasteiger partial charge is 0.260 e. The van der Waals surface area contributed by atoms with Crippen molar-refractivity contribution in [1.82, 2.24) is 20.2 Å². The van der Waals surface area contributed by atoms with Gasteiger partial charge < -0.3 is 9.84 Å². The molecule has 1 aromatic heterocycles. The molecule has 0 bridgehead atoms. The zero-order valence-corrected chi connectivity index (χ0v) is 15.2. The van der Waals surface area contributed by atoms with Gasteiger partial charge in [0.2, 0.25) is 10.0 Å². The predicted molar refractivity (Wildman–Crippen MR) is 90.0 cm³/mol. The van der Waals surface area contributed by atoms with Gasteiger partial charge in [0.05, 0.1) is 10.5 Å². The van der Waals surface area contributed by atoms with Gasteiger partial charge in [-0.1, -0.05) is 12.1 Å². The van der Waals surface area contributed by atoms with E-state index in [0.29, 0.717) is 12.2 Å². The first-order valence-corrected chi connectivity index (χ1v) is 8.65. The third-order valence-corrected chi connectivity index (χ3v) is 4.81. The average Bonchev–Trinajstić information content (AvgIpc) is 2.95. The monoisotopic (exact) mass is 378 g/mol. The molecule has 1 unspecified atom stereocenters. The zero-order chi connectivity index (χ0) is 17.0. The lowest BCUT2D eigenvalue weighted by atomic mass is 10.2. The van der Waals surface area contributed by atoms with Crippen molar-refractivity contribution in [2.24, 2.45) is 0 Å². The van der Waals surface area contributed by atoms with Crippen LogP contribution in [0.3, 0.4) is 0 Å². The molecule has 0 saturated heterocycles. The van der Waals surface area contributed by atoms with Gasteiger partial charge in [-0.2, -0.15) is 4.98 Å². The summed E-state index contributed by atoms with van der Waals surface area (Å²) in [4.78, 5) is 4.07. The van der Waals surface area contributed by atoms with Crippen LogP contribution in [-0.2, 0) is 16.4 Å². The second kappa shape index (κ2) is 8.52. The van der Waals surface area contributed by atoms with Gasteiger partial charge in [-0.05, 0) is 32.2 Å². The summed E-state index contributed by atoms with van der Waals surface area (Å²) in [6.45, 7) is 3.84. The molecule has 0 radical (unpaired) electrons. The van der Waals surface area contributed by atoms with Crippen molar-refractivity contribution in [2.75, 3.05) is 13.6 Å². The van der Waals surface area contributed by atoms with E-state index in [4.69, 9.17) is 4.52 Å². The number of likely N-dealkylation sites (N-methyl/N-ethyl adjacent to an activating group) is 1. The number of hydrogen-bond donors (Lipinski definition) is 2. The maximum absolute atomic E-state index is 14.0. The molecule has 10 heteroatoms. The maximum Gasteiger partial charge on any atom is 0.260 e. The van der Waals surface area contributed by atoms with Gasteiger partial charge in [0, 0.05) is 19.0 Å². The quantitative estimate of drug-likeness (QED) is 0.761. The molecule has 0 aliphatic rings. The molecule has 1 aromatic carbocycles. The van der Waals surface area contributed by atoms with E-state index in [2.05, 4.69) is 20.2 Å². The predicted octanol–water partition coefficient (Wildman–Crippen LogP) is 1.75. The normalized spacial score (nSPS) is 12.7. The summed E-state index contributed by atoms with van der Waals surface area (Å²) < 4.78 is 45.4. The lowest BCUT2D eigenvalue weighted by Crippen LogP contribution is -2.24. The van der Waals surface area contributed by atoms with Gasteiger partial charge in [0.1, 0.15) is 5.82 Å². The maximum atomic E-state index is 14.0. The molecule has 0 amide bonds. The van der Waals surface area contributed by atoms with Crippen LogP contribution in [0, 0.1) is 5.82 Å². The van der Waals surface area contributed by atoms with Crippen LogP contribution in [-0.4, -0.2) is 38.2 Å². The van der Waals surface area contributed by atoms with Gasteiger partial charge >= 0.3 is 0 Å². The lowest BCUT2D eigenvalue weighted by molar-refractivity contribution is 0.416. The van der Waals surface area contributed by atoms with Gasteiger partial charge in [0.25, 0.3) is 5.89 Å². The molecular formula is C14H20ClFN4O3S. The van der Waals surface area contributed by atoms with Crippen molar-refractivity contribution in [2.45, 2.75) is 31.2 Å². The van der Waals surface area contributed by atoms with Crippen molar-refractivity contribution in [3.8, 4) is 11.5 Å². The Morgan fingerprint density at radius 2 is 2.08 bits per heavy atom. The fraction of sp³-hybridized carbons (Fsp3) is 0.429. The molecular weight excluding hydrogens is 359 g/mol. The van der Waals surface area contributed by atoms with Crippen molar-refractivity contribution in [1.29, 1.82) is 0 Å². The second-order valence-corrected chi connectivity index (χ2v) is 6.82. The lowest BCUT2D eigenvalue weighted by Gasteiger charge is -2.06. The van der Waals surface area contributed by atoms with Crippen molar-refractivity contribution in [3.63, 3.8) is 0 Å². The van der Waals surface area contributed by atoms with E-state index in [1.54, 1.807) is 14.0 Å². The van der Waals surface area contributed by atoms with Crippen LogP contribution >= 0.6 is 12.4 Å². The van der Waals surface area contributed by atoms with E-state index in [9.17, 15) is 12.8 Å². The minimum absolute atomic E-state index is 0. The number of nitrogens with one attached hydrogen (secondary N) is 2. The third-order valence-electron chi connectivity index (χ3n) is 3.26. The summed E-state index contributed by atoms with van der Waals surface area (Å²) in [6.07, 6.45) is 0.511. The Labute approximate surface area is 146 Å². The Hall–Kier alpha value is -1.55. The van der Waals surface area contributed by atoms with E-state index in [1.165, 1.54) is 12.1 Å². The third kappa shape index (κ3) is 4.73. The van der Waals surface area contributed by atoms with Gasteiger partial charge in [-0.3, -0.25) is 0 Å². The average molecular weight is 379 g/mol. The number of halogens is 2. The molecule has 24 heavy (non-hydrogen) atoms. The molecule has 2 N–H and O–H groups in total. The largest absolute Gasteiger partial charge is 0.334 e. The Morgan fingerprint density at radius 1 is 1.38 bits per heavy atom. The summed E-state index contributed by atoms with van der Waals surface area (Å²) in [6, 6.07) is 3.58. The zero-order valence-electron chi connectivity index (χ0n) is 13.5. The summed E-state index contributed by atoms with van der Waals surface area (Å²) in [5, 5.41) is 6.83. The van der Waals surface area contributed by atoms with E-state index >= 15 is 0 Å². The van der Waals surface area contributed by atoms with Crippen LogP contribution in [0.5, 0.6) is 0 Å². The highest BCUT2D eigenvalue weighted by atomic mass is 35.5. The molecule has 2 aromatic rings. The first-order chi connectivity index (χ1) is 10.9. The number of hydrogen-bond acceptors (Lipinski definition) is 6. The summed E-state index contributed by atoms with van der Waals surface area (Å²) >= 11 is 0. The Morgan fingerprint density at radius 3 is 2.71 bits per heavy atom. The number of sulfonamides is 1. The Balaban J connectivity index is 0.00000288. The second-order valence-electron chi connectivity index (χ2n) is 5.05. The number of aromatic nitrogens is 2. The van der Waals surface area contributed by atoms with Crippen LogP contribution in [0.4, 0.5) is 4.39 Å². The van der Waals surface area contributed by atoms with E-state index in [-0.39, 0.29) is 41.3 Å². The molecule has 134 valence electrons. The highest BCUT2D eigenvalue weighted by molar-refractivity contribution is 7.89. The molecule has 7 nitrogen and oxygen atoms in total. The van der Waals surface area contributed by atoms with Crippen molar-refractivity contribution >= 4 is 22.4 Å². The molecule has 1 atom stereocenters. The molecule has 0 fully saturated rings. The van der Waals surface area contributed by atoms with Crippen LogP contribution in [0.2, 0.25) is 0 Å². The summed E-state index contributed by atoms with van der Waals surface area (Å²) in [7, 11) is -1.88. The van der Waals surface area contributed by atoms with Crippen LogP contribution < -0.4 is 10.0 Å². The van der Waals surface area contributed by atoms with Gasteiger partial charge in [0.15, 0.2) is 5.82 Å². The molecule has 0 saturated carbocycles. The summed E-state index contributed by atoms with van der Waals surface area (Å²) in [5.74, 6) is -0.257. The minimum Gasteiger partial charge on any atom is -0.334 e. The molecule has 0 aliphatic carbocycles. The van der Waals surface area contributed by atoms with E-state index in [1.807, 2.05) is 6.92 Å². The highest BCUT2D eigenvalue weighted by Gasteiger charge is 2.19. The molecule has 2 rings (SSSR count).